The van der Waals surface area contributed by atoms with Gasteiger partial charge in [0.1, 0.15) is 12.7 Å². The predicted octanol–water partition coefficient (Wildman–Crippen LogP) is -0.491. The predicted molar refractivity (Wildman–Crippen MR) is 56.4 cm³/mol. The molecule has 1 fully saturated rings. The normalized spacial score (nSPS) is 20.3. The molecule has 0 spiro atoms. The number of nitrogens with zero attached hydrogens (tertiary/aromatic N) is 4. The van der Waals surface area contributed by atoms with E-state index in [1.807, 2.05) is 4.90 Å². The molecule has 0 radical (unpaired) electrons. The third-order valence-electron chi connectivity index (χ3n) is 2.92. The molecule has 1 N–H and O–H groups in total. The first-order chi connectivity index (χ1) is 7.79. The van der Waals surface area contributed by atoms with E-state index < -0.39 is 0 Å². The summed E-state index contributed by atoms with van der Waals surface area (Å²) >= 11 is 0. The summed E-state index contributed by atoms with van der Waals surface area (Å²) in [5.74, 6) is 0.391. The average molecular weight is 224 g/mol. The molecule has 1 saturated heterocycles. The van der Waals surface area contributed by atoms with Gasteiger partial charge in [0.05, 0.1) is 6.54 Å². The zero-order valence-electron chi connectivity index (χ0n) is 9.12. The Morgan fingerprint density at radius 1 is 1.56 bits per heavy atom. The van der Waals surface area contributed by atoms with Crippen LogP contribution in [-0.4, -0.2) is 50.4 Å². The first-order valence-corrected chi connectivity index (χ1v) is 5.50. The highest BCUT2D eigenvalue weighted by atomic mass is 16.3. The van der Waals surface area contributed by atoms with Crippen LogP contribution in [0, 0.1) is 5.92 Å². The molecule has 1 aromatic rings. The van der Waals surface area contributed by atoms with Crippen LogP contribution < -0.4 is 0 Å². The number of carbonyl (C=O) groups excluding carboxylic acids is 1. The van der Waals surface area contributed by atoms with E-state index in [0.717, 1.165) is 13.0 Å². The van der Waals surface area contributed by atoms with Gasteiger partial charge in [-0.25, -0.2) is 4.98 Å². The fraction of sp³-hybridized carbons (Fsp3) is 0.700. The largest absolute Gasteiger partial charge is 0.396 e. The molecule has 6 heteroatoms. The molecule has 2 heterocycles. The molecule has 1 amide bonds. The van der Waals surface area contributed by atoms with Gasteiger partial charge in [-0.15, -0.1) is 0 Å². The van der Waals surface area contributed by atoms with Crippen molar-refractivity contribution in [1.82, 2.24) is 19.7 Å². The monoisotopic (exact) mass is 224 g/mol. The molecule has 2 rings (SSSR count). The molecule has 1 atom stereocenters. The number of hydrogen-bond acceptors (Lipinski definition) is 4. The Balaban J connectivity index is 1.76. The lowest BCUT2D eigenvalue weighted by atomic mass is 10.1. The van der Waals surface area contributed by atoms with Crippen LogP contribution in [0.4, 0.5) is 0 Å². The molecule has 16 heavy (non-hydrogen) atoms. The zero-order chi connectivity index (χ0) is 11.4. The van der Waals surface area contributed by atoms with Gasteiger partial charge in [-0.1, -0.05) is 0 Å². The van der Waals surface area contributed by atoms with Gasteiger partial charge in [0, 0.05) is 32.0 Å². The van der Waals surface area contributed by atoms with E-state index in [9.17, 15) is 4.79 Å². The van der Waals surface area contributed by atoms with Gasteiger partial charge in [-0.2, -0.15) is 5.10 Å². The second kappa shape index (κ2) is 5.07. The van der Waals surface area contributed by atoms with Gasteiger partial charge in [0.25, 0.3) is 0 Å². The average Bonchev–Trinajstić information content (AvgIpc) is 2.96. The van der Waals surface area contributed by atoms with E-state index in [0.29, 0.717) is 19.5 Å². The van der Waals surface area contributed by atoms with Crippen LogP contribution in [0.2, 0.25) is 0 Å². The van der Waals surface area contributed by atoms with Crippen LogP contribution >= 0.6 is 0 Å². The second-order valence-corrected chi connectivity index (χ2v) is 4.09. The Bertz CT molecular complexity index is 339. The number of aryl methyl sites for hydroxylation is 1. The fourth-order valence-corrected chi connectivity index (χ4v) is 1.92. The quantitative estimate of drug-likeness (QED) is 0.749. The van der Waals surface area contributed by atoms with Crippen LogP contribution in [-0.2, 0) is 11.3 Å². The minimum Gasteiger partial charge on any atom is -0.396 e. The van der Waals surface area contributed by atoms with Crippen LogP contribution in [0.5, 0.6) is 0 Å². The minimum absolute atomic E-state index is 0.131. The number of hydrogen-bond donors (Lipinski definition) is 1. The lowest BCUT2D eigenvalue weighted by molar-refractivity contribution is -0.130. The van der Waals surface area contributed by atoms with Crippen molar-refractivity contribution in [3.8, 4) is 0 Å². The molecule has 6 nitrogen and oxygen atoms in total. The fourth-order valence-electron chi connectivity index (χ4n) is 1.92. The van der Waals surface area contributed by atoms with E-state index in [2.05, 4.69) is 10.1 Å². The maximum absolute atomic E-state index is 11.8. The van der Waals surface area contributed by atoms with Crippen molar-refractivity contribution >= 4 is 5.91 Å². The van der Waals surface area contributed by atoms with Crippen LogP contribution in [0.1, 0.15) is 12.8 Å². The van der Waals surface area contributed by atoms with E-state index in [1.54, 1.807) is 11.0 Å². The van der Waals surface area contributed by atoms with Gasteiger partial charge < -0.3 is 10.0 Å². The lowest BCUT2D eigenvalue weighted by Gasteiger charge is -2.15. The van der Waals surface area contributed by atoms with Crippen molar-refractivity contribution in [3.63, 3.8) is 0 Å². The Hall–Kier alpha value is -1.43. The maximum Gasteiger partial charge on any atom is 0.224 e. The number of likely N-dealkylation sites (tertiary alicyclic amines) is 1. The number of amides is 1. The zero-order valence-corrected chi connectivity index (χ0v) is 9.12. The SMILES string of the molecule is O=C(CCn1cncn1)N1CCC(CO)C1. The van der Waals surface area contributed by atoms with Gasteiger partial charge >= 0.3 is 0 Å². The topological polar surface area (TPSA) is 71.2 Å². The smallest absolute Gasteiger partial charge is 0.224 e. The summed E-state index contributed by atoms with van der Waals surface area (Å²) in [5.41, 5.74) is 0. The van der Waals surface area contributed by atoms with E-state index in [-0.39, 0.29) is 18.4 Å². The summed E-state index contributed by atoms with van der Waals surface area (Å²) < 4.78 is 1.65. The summed E-state index contributed by atoms with van der Waals surface area (Å²) in [6.07, 6.45) is 4.42. The molecular weight excluding hydrogens is 208 g/mol. The number of aliphatic hydroxyl groups excluding tert-OH is 1. The third kappa shape index (κ3) is 2.57. The first-order valence-electron chi connectivity index (χ1n) is 5.50. The first kappa shape index (κ1) is 11.1. The summed E-state index contributed by atoms with van der Waals surface area (Å²) in [6.45, 7) is 2.19. The molecule has 88 valence electrons. The van der Waals surface area contributed by atoms with E-state index in [4.69, 9.17) is 5.11 Å². The summed E-state index contributed by atoms with van der Waals surface area (Å²) in [7, 11) is 0. The highest BCUT2D eigenvalue weighted by Gasteiger charge is 2.25. The molecule has 1 aliphatic rings. The maximum atomic E-state index is 11.8. The Kier molecular flexibility index (Phi) is 3.51. The van der Waals surface area contributed by atoms with E-state index >= 15 is 0 Å². The van der Waals surface area contributed by atoms with Crippen LogP contribution in [0.15, 0.2) is 12.7 Å². The summed E-state index contributed by atoms with van der Waals surface area (Å²) in [6, 6.07) is 0. The molecule has 1 unspecified atom stereocenters. The molecule has 1 aliphatic heterocycles. The minimum atomic E-state index is 0.131. The Morgan fingerprint density at radius 3 is 3.06 bits per heavy atom. The van der Waals surface area contributed by atoms with Crippen molar-refractivity contribution < 1.29 is 9.90 Å². The van der Waals surface area contributed by atoms with Gasteiger partial charge in [-0.3, -0.25) is 9.48 Å². The van der Waals surface area contributed by atoms with Gasteiger partial charge in [0.2, 0.25) is 5.91 Å². The van der Waals surface area contributed by atoms with Gasteiger partial charge in [-0.05, 0) is 6.42 Å². The van der Waals surface area contributed by atoms with Gasteiger partial charge in [0.15, 0.2) is 0 Å². The molecule has 0 aromatic carbocycles. The summed E-state index contributed by atoms with van der Waals surface area (Å²) in [4.78, 5) is 17.4. The van der Waals surface area contributed by atoms with Crippen molar-refractivity contribution in [2.24, 2.45) is 5.92 Å². The Morgan fingerprint density at radius 2 is 2.44 bits per heavy atom. The summed E-state index contributed by atoms with van der Waals surface area (Å²) in [5, 5.41) is 12.9. The molecular formula is C10H16N4O2. The van der Waals surface area contributed by atoms with Crippen molar-refractivity contribution in [3.05, 3.63) is 12.7 Å². The Labute approximate surface area is 93.9 Å². The molecule has 0 bridgehead atoms. The van der Waals surface area contributed by atoms with Crippen molar-refractivity contribution in [2.75, 3.05) is 19.7 Å². The molecule has 0 saturated carbocycles. The lowest BCUT2D eigenvalue weighted by Crippen LogP contribution is -2.29. The van der Waals surface area contributed by atoms with Crippen LogP contribution in [0.3, 0.4) is 0 Å². The van der Waals surface area contributed by atoms with E-state index in [1.165, 1.54) is 6.33 Å². The molecule has 0 aliphatic carbocycles. The molecule has 1 aromatic heterocycles. The number of aliphatic hydroxyl groups is 1. The highest BCUT2D eigenvalue weighted by Crippen LogP contribution is 2.16. The van der Waals surface area contributed by atoms with Crippen molar-refractivity contribution in [2.45, 2.75) is 19.4 Å². The second-order valence-electron chi connectivity index (χ2n) is 4.09. The number of aromatic nitrogens is 3. The number of carbonyl (C=O) groups is 1. The van der Waals surface area contributed by atoms with Crippen LogP contribution in [0.25, 0.3) is 0 Å². The third-order valence-corrected chi connectivity index (χ3v) is 2.92. The highest BCUT2D eigenvalue weighted by molar-refractivity contribution is 5.76. The van der Waals surface area contributed by atoms with Crippen molar-refractivity contribution in [1.29, 1.82) is 0 Å². The standard InChI is InChI=1S/C10H16N4O2/c15-6-9-1-3-13(5-9)10(16)2-4-14-8-11-7-12-14/h7-9,15H,1-6H2. The number of rotatable bonds is 4.